The molecule has 0 atom stereocenters. The smallest absolute Gasteiger partial charge is 0.269 e. The molecular weight excluding hydrogens is 414 g/mol. The highest BCUT2D eigenvalue weighted by molar-refractivity contribution is 5.95. The number of carbonyl (C=O) groups is 1. The third-order valence-electron chi connectivity index (χ3n) is 5.61. The van der Waals surface area contributed by atoms with Crippen molar-refractivity contribution in [2.45, 2.75) is 20.0 Å². The predicted molar refractivity (Wildman–Crippen MR) is 131 cm³/mol. The number of fused-ring (bicyclic) bond motifs is 1. The Kier molecular flexibility index (Phi) is 6.76. The Bertz CT molecular complexity index is 1280. The van der Waals surface area contributed by atoms with Gasteiger partial charge in [-0.1, -0.05) is 49.4 Å². The second kappa shape index (κ2) is 10.1. The van der Waals surface area contributed by atoms with Crippen LogP contribution in [-0.2, 0) is 13.1 Å². The van der Waals surface area contributed by atoms with Crippen LogP contribution < -0.4 is 10.6 Å². The molecule has 1 amide bonds. The fourth-order valence-electron chi connectivity index (χ4n) is 3.80. The number of benzene rings is 4. The van der Waals surface area contributed by atoms with Crippen LogP contribution in [0.25, 0.3) is 21.9 Å². The fourth-order valence-corrected chi connectivity index (χ4v) is 3.80. The third kappa shape index (κ3) is 5.25. The van der Waals surface area contributed by atoms with Gasteiger partial charge >= 0.3 is 0 Å². The largest absolute Gasteiger partial charge is 0.348 e. The summed E-state index contributed by atoms with van der Waals surface area (Å²) in [6.45, 7) is 4.29. The van der Waals surface area contributed by atoms with Gasteiger partial charge in [-0.05, 0) is 69.9 Å². The molecule has 4 aromatic rings. The zero-order valence-electron chi connectivity index (χ0n) is 18.4. The van der Waals surface area contributed by atoms with E-state index in [2.05, 4.69) is 41.8 Å². The summed E-state index contributed by atoms with van der Waals surface area (Å²) in [7, 11) is 0. The molecule has 0 radical (unpaired) electrons. The van der Waals surface area contributed by atoms with Crippen LogP contribution in [0, 0.1) is 10.1 Å². The molecule has 0 aliphatic rings. The van der Waals surface area contributed by atoms with Crippen LogP contribution in [0.3, 0.4) is 0 Å². The van der Waals surface area contributed by atoms with Gasteiger partial charge in [-0.3, -0.25) is 14.9 Å². The number of nitrogens with one attached hydrogen (secondary N) is 2. The molecule has 0 fully saturated rings. The van der Waals surface area contributed by atoms with Crippen LogP contribution in [0.15, 0.2) is 84.9 Å². The normalized spacial score (nSPS) is 10.8. The summed E-state index contributed by atoms with van der Waals surface area (Å²) in [5.41, 5.74) is 4.67. The molecule has 0 saturated carbocycles. The van der Waals surface area contributed by atoms with E-state index in [-0.39, 0.29) is 11.6 Å². The molecule has 0 saturated heterocycles. The minimum Gasteiger partial charge on any atom is -0.348 e. The van der Waals surface area contributed by atoms with Crippen LogP contribution in [0.5, 0.6) is 0 Å². The summed E-state index contributed by atoms with van der Waals surface area (Å²) in [4.78, 5) is 23.1. The molecule has 33 heavy (non-hydrogen) atoms. The van der Waals surface area contributed by atoms with E-state index in [1.807, 2.05) is 24.3 Å². The Labute approximate surface area is 192 Å². The highest BCUT2D eigenvalue weighted by Gasteiger charge is 2.09. The lowest BCUT2D eigenvalue weighted by Gasteiger charge is -2.11. The van der Waals surface area contributed by atoms with Crippen LogP contribution in [0.2, 0.25) is 0 Å². The van der Waals surface area contributed by atoms with Crippen LogP contribution in [0.1, 0.15) is 28.4 Å². The SMILES string of the molecule is CCNCc1ccc2c(CNC(=O)c3ccc(-c4ccc([N+](=O)[O-])cc4)cc3)cccc2c1. The number of amides is 1. The number of nitrogens with zero attached hydrogens (tertiary/aromatic N) is 1. The molecule has 4 rings (SSSR count). The Morgan fingerprint density at radius 1 is 0.879 bits per heavy atom. The number of non-ortho nitro benzene ring substituents is 1. The summed E-state index contributed by atoms with van der Waals surface area (Å²) in [6.07, 6.45) is 0. The molecular formula is C27H25N3O3. The van der Waals surface area contributed by atoms with Gasteiger partial charge in [-0.25, -0.2) is 0 Å². The van der Waals surface area contributed by atoms with E-state index in [1.165, 1.54) is 17.7 Å². The predicted octanol–water partition coefficient (Wildman–Crippen LogP) is 5.45. The molecule has 0 aliphatic heterocycles. The van der Waals surface area contributed by atoms with Gasteiger partial charge in [0.25, 0.3) is 11.6 Å². The van der Waals surface area contributed by atoms with Crippen molar-refractivity contribution in [1.82, 2.24) is 10.6 Å². The monoisotopic (exact) mass is 439 g/mol. The average molecular weight is 440 g/mol. The molecule has 2 N–H and O–H groups in total. The Morgan fingerprint density at radius 3 is 2.24 bits per heavy atom. The van der Waals surface area contributed by atoms with E-state index in [4.69, 9.17) is 0 Å². The number of rotatable bonds is 8. The molecule has 6 heteroatoms. The number of nitro groups is 1. The molecule has 0 unspecified atom stereocenters. The summed E-state index contributed by atoms with van der Waals surface area (Å²) in [5, 5.41) is 19.5. The maximum absolute atomic E-state index is 12.7. The quantitative estimate of drug-likeness (QED) is 0.282. The van der Waals surface area contributed by atoms with E-state index >= 15 is 0 Å². The Hall–Kier alpha value is -4.03. The summed E-state index contributed by atoms with van der Waals surface area (Å²) in [6, 6.07) is 26.1. The van der Waals surface area contributed by atoms with Crippen molar-refractivity contribution in [3.05, 3.63) is 112 Å². The minimum absolute atomic E-state index is 0.0528. The first-order valence-electron chi connectivity index (χ1n) is 10.9. The minimum atomic E-state index is -0.421. The van der Waals surface area contributed by atoms with Crippen molar-refractivity contribution in [2.75, 3.05) is 6.54 Å². The maximum atomic E-state index is 12.7. The summed E-state index contributed by atoms with van der Waals surface area (Å²) < 4.78 is 0. The lowest BCUT2D eigenvalue weighted by atomic mass is 10.0. The average Bonchev–Trinajstić information content (AvgIpc) is 2.86. The first-order valence-corrected chi connectivity index (χ1v) is 10.9. The zero-order chi connectivity index (χ0) is 23.2. The summed E-state index contributed by atoms with van der Waals surface area (Å²) >= 11 is 0. The standard InChI is InChI=1S/C27H25N3O3/c1-2-28-17-19-6-15-26-23(16-19)4-3-5-24(26)18-29-27(31)22-9-7-20(8-10-22)21-11-13-25(14-12-21)30(32)33/h3-16,28H,2,17-18H2,1H3,(H,29,31). The highest BCUT2D eigenvalue weighted by Crippen LogP contribution is 2.23. The molecule has 4 aromatic carbocycles. The topological polar surface area (TPSA) is 84.3 Å². The van der Waals surface area contributed by atoms with Gasteiger partial charge in [0.2, 0.25) is 0 Å². The molecule has 166 valence electrons. The van der Waals surface area contributed by atoms with Crippen molar-refractivity contribution < 1.29 is 9.72 Å². The van der Waals surface area contributed by atoms with Gasteiger partial charge in [-0.15, -0.1) is 0 Å². The van der Waals surface area contributed by atoms with E-state index in [1.54, 1.807) is 24.3 Å². The summed E-state index contributed by atoms with van der Waals surface area (Å²) in [5.74, 6) is -0.147. The zero-order valence-corrected chi connectivity index (χ0v) is 18.4. The van der Waals surface area contributed by atoms with Gasteiger partial charge in [0, 0.05) is 30.8 Å². The van der Waals surface area contributed by atoms with Gasteiger partial charge in [-0.2, -0.15) is 0 Å². The van der Waals surface area contributed by atoms with Crippen LogP contribution >= 0.6 is 0 Å². The number of hydrogen-bond donors (Lipinski definition) is 2. The lowest BCUT2D eigenvalue weighted by molar-refractivity contribution is -0.384. The van der Waals surface area contributed by atoms with Crippen molar-refractivity contribution in [1.29, 1.82) is 0 Å². The Balaban J connectivity index is 1.43. The van der Waals surface area contributed by atoms with Gasteiger partial charge in [0.05, 0.1) is 4.92 Å². The lowest BCUT2D eigenvalue weighted by Crippen LogP contribution is -2.22. The van der Waals surface area contributed by atoms with Crippen molar-refractivity contribution >= 4 is 22.4 Å². The third-order valence-corrected chi connectivity index (χ3v) is 5.61. The van der Waals surface area contributed by atoms with Gasteiger partial charge in [0.1, 0.15) is 0 Å². The van der Waals surface area contributed by atoms with E-state index in [9.17, 15) is 14.9 Å². The van der Waals surface area contributed by atoms with Crippen molar-refractivity contribution in [3.8, 4) is 11.1 Å². The molecule has 0 aromatic heterocycles. The van der Waals surface area contributed by atoms with Crippen molar-refractivity contribution in [2.24, 2.45) is 0 Å². The number of nitro benzene ring substituents is 1. The maximum Gasteiger partial charge on any atom is 0.269 e. The van der Waals surface area contributed by atoms with E-state index in [0.29, 0.717) is 12.1 Å². The second-order valence-corrected chi connectivity index (χ2v) is 7.82. The Morgan fingerprint density at radius 2 is 1.58 bits per heavy atom. The molecule has 6 nitrogen and oxygen atoms in total. The second-order valence-electron chi connectivity index (χ2n) is 7.82. The number of carbonyl (C=O) groups excluding carboxylic acids is 1. The first kappa shape index (κ1) is 22.2. The number of hydrogen-bond acceptors (Lipinski definition) is 4. The molecule has 0 spiro atoms. The van der Waals surface area contributed by atoms with Crippen molar-refractivity contribution in [3.63, 3.8) is 0 Å². The first-order chi connectivity index (χ1) is 16.0. The van der Waals surface area contributed by atoms with E-state index < -0.39 is 4.92 Å². The van der Waals surface area contributed by atoms with Gasteiger partial charge < -0.3 is 10.6 Å². The molecule has 0 bridgehead atoms. The van der Waals surface area contributed by atoms with Crippen LogP contribution in [0.4, 0.5) is 5.69 Å². The highest BCUT2D eigenvalue weighted by atomic mass is 16.6. The van der Waals surface area contributed by atoms with Crippen LogP contribution in [-0.4, -0.2) is 17.4 Å². The molecule has 0 aliphatic carbocycles. The van der Waals surface area contributed by atoms with Gasteiger partial charge in [0.15, 0.2) is 0 Å². The molecule has 0 heterocycles. The fraction of sp³-hybridized carbons (Fsp3) is 0.148. The van der Waals surface area contributed by atoms with E-state index in [0.717, 1.165) is 40.6 Å².